The second kappa shape index (κ2) is 7.98. The molecule has 0 radical (unpaired) electrons. The van der Waals surface area contributed by atoms with Crippen LogP contribution in [0.2, 0.25) is 0 Å². The van der Waals surface area contributed by atoms with Gasteiger partial charge in [-0.1, -0.05) is 84.8 Å². The van der Waals surface area contributed by atoms with Crippen LogP contribution in [0.4, 0.5) is 5.69 Å². The van der Waals surface area contributed by atoms with Gasteiger partial charge in [-0.3, -0.25) is 0 Å². The number of para-hydroxylation sites is 1. The fraction of sp³-hybridized carbons (Fsp3) is 0.154. The number of allylic oxidation sites excluding steroid dienone is 1. The van der Waals surface area contributed by atoms with Gasteiger partial charge < -0.3 is 4.90 Å². The fourth-order valence-electron chi connectivity index (χ4n) is 3.87. The van der Waals surface area contributed by atoms with Gasteiger partial charge in [0.25, 0.3) is 0 Å². The summed E-state index contributed by atoms with van der Waals surface area (Å²) < 4.78 is 0. The van der Waals surface area contributed by atoms with E-state index in [-0.39, 0.29) is 6.04 Å². The lowest BCUT2D eigenvalue weighted by Gasteiger charge is -2.37. The molecule has 0 N–H and O–H groups in total. The van der Waals surface area contributed by atoms with Crippen LogP contribution in [0.3, 0.4) is 0 Å². The molecule has 0 aromatic heterocycles. The largest absolute Gasteiger partial charge is 0.361 e. The summed E-state index contributed by atoms with van der Waals surface area (Å²) in [5, 5.41) is 0. The molecule has 1 atom stereocenters. The van der Waals surface area contributed by atoms with Crippen molar-refractivity contribution in [3.63, 3.8) is 0 Å². The molecule has 1 aliphatic heterocycles. The van der Waals surface area contributed by atoms with Crippen molar-refractivity contribution in [3.8, 4) is 12.3 Å². The van der Waals surface area contributed by atoms with E-state index in [9.17, 15) is 0 Å². The van der Waals surface area contributed by atoms with Crippen LogP contribution in [-0.2, 0) is 6.42 Å². The average molecular weight is 349 g/mol. The molecule has 1 aliphatic rings. The van der Waals surface area contributed by atoms with E-state index in [2.05, 4.69) is 83.6 Å². The van der Waals surface area contributed by atoms with Gasteiger partial charge in [0.05, 0.1) is 6.04 Å². The Bertz CT molecular complexity index is 964. The lowest BCUT2D eigenvalue weighted by Crippen LogP contribution is -2.32. The molecule has 3 aromatic carbocycles. The number of terminal acetylenes is 1. The van der Waals surface area contributed by atoms with Crippen molar-refractivity contribution in [2.45, 2.75) is 18.9 Å². The summed E-state index contributed by atoms with van der Waals surface area (Å²) in [7, 11) is 0. The molecule has 0 amide bonds. The molecule has 1 unspecified atom stereocenters. The predicted octanol–water partition coefficient (Wildman–Crippen LogP) is 5.90. The second-order valence-electron chi connectivity index (χ2n) is 6.87. The zero-order valence-corrected chi connectivity index (χ0v) is 15.4. The van der Waals surface area contributed by atoms with Crippen LogP contribution in [-0.4, -0.2) is 6.54 Å². The highest BCUT2D eigenvalue weighted by molar-refractivity contribution is 5.79. The van der Waals surface area contributed by atoms with Crippen LogP contribution in [0.15, 0.2) is 91.0 Å². The highest BCUT2D eigenvalue weighted by Gasteiger charge is 2.24. The molecule has 0 aliphatic carbocycles. The van der Waals surface area contributed by atoms with Crippen molar-refractivity contribution in [1.29, 1.82) is 0 Å². The van der Waals surface area contributed by atoms with E-state index >= 15 is 0 Å². The normalized spacial score (nSPS) is 14.9. The summed E-state index contributed by atoms with van der Waals surface area (Å²) in [6.45, 7) is 1.03. The lowest BCUT2D eigenvalue weighted by molar-refractivity contribution is 0.649. The van der Waals surface area contributed by atoms with Gasteiger partial charge >= 0.3 is 0 Å². The topological polar surface area (TPSA) is 3.24 Å². The molecule has 1 nitrogen and oxygen atoms in total. The fourth-order valence-corrected chi connectivity index (χ4v) is 3.87. The molecule has 0 saturated carbocycles. The first-order valence-corrected chi connectivity index (χ1v) is 9.50. The van der Waals surface area contributed by atoms with Crippen LogP contribution in [0.25, 0.3) is 5.57 Å². The maximum absolute atomic E-state index is 5.92. The first kappa shape index (κ1) is 17.2. The predicted molar refractivity (Wildman–Crippen MR) is 115 cm³/mol. The Morgan fingerprint density at radius 1 is 0.889 bits per heavy atom. The van der Waals surface area contributed by atoms with Gasteiger partial charge in [-0.2, -0.15) is 0 Å². The van der Waals surface area contributed by atoms with Crippen molar-refractivity contribution >= 4 is 11.3 Å². The number of fused-ring (bicyclic) bond motifs is 1. The van der Waals surface area contributed by atoms with Gasteiger partial charge in [0, 0.05) is 17.8 Å². The maximum Gasteiger partial charge on any atom is 0.0741 e. The van der Waals surface area contributed by atoms with Crippen molar-refractivity contribution in [2.24, 2.45) is 0 Å². The quantitative estimate of drug-likeness (QED) is 0.530. The minimum Gasteiger partial charge on any atom is -0.361 e. The van der Waals surface area contributed by atoms with Crippen molar-refractivity contribution in [1.82, 2.24) is 0 Å². The monoisotopic (exact) mass is 349 g/mol. The van der Waals surface area contributed by atoms with Gasteiger partial charge in [-0.25, -0.2) is 0 Å². The van der Waals surface area contributed by atoms with Crippen LogP contribution in [0.1, 0.15) is 29.2 Å². The molecule has 0 fully saturated rings. The molecule has 132 valence electrons. The highest BCUT2D eigenvalue weighted by atomic mass is 15.2. The van der Waals surface area contributed by atoms with Gasteiger partial charge in [0.2, 0.25) is 0 Å². The zero-order chi connectivity index (χ0) is 18.5. The van der Waals surface area contributed by atoms with E-state index in [4.69, 9.17) is 6.42 Å². The van der Waals surface area contributed by atoms with Gasteiger partial charge in [0.15, 0.2) is 0 Å². The second-order valence-corrected chi connectivity index (χ2v) is 6.87. The summed E-state index contributed by atoms with van der Waals surface area (Å²) >= 11 is 0. The lowest BCUT2D eigenvalue weighted by atomic mass is 9.94. The van der Waals surface area contributed by atoms with Crippen LogP contribution < -0.4 is 4.90 Å². The van der Waals surface area contributed by atoms with Crippen LogP contribution >= 0.6 is 0 Å². The Labute approximate surface area is 162 Å². The SMILES string of the molecule is C#C/C(=C\C(c1ccccc1)N1CCCc2ccccc21)c1ccccc1. The van der Waals surface area contributed by atoms with Crippen LogP contribution in [0.5, 0.6) is 0 Å². The number of anilines is 1. The molecule has 1 heteroatoms. The zero-order valence-electron chi connectivity index (χ0n) is 15.4. The van der Waals surface area contributed by atoms with Crippen molar-refractivity contribution in [2.75, 3.05) is 11.4 Å². The number of benzene rings is 3. The Kier molecular flexibility index (Phi) is 5.08. The van der Waals surface area contributed by atoms with E-state index in [0.29, 0.717) is 0 Å². The molecular formula is C26H23N. The summed E-state index contributed by atoms with van der Waals surface area (Å²) in [6, 6.07) is 29.7. The molecule has 27 heavy (non-hydrogen) atoms. The molecule has 0 saturated heterocycles. The molecule has 4 rings (SSSR count). The number of aryl methyl sites for hydroxylation is 1. The molecule has 3 aromatic rings. The Balaban J connectivity index is 1.82. The van der Waals surface area contributed by atoms with E-state index < -0.39 is 0 Å². The van der Waals surface area contributed by atoms with Crippen molar-refractivity contribution < 1.29 is 0 Å². The third-order valence-corrected chi connectivity index (χ3v) is 5.19. The molecular weight excluding hydrogens is 326 g/mol. The number of nitrogens with zero attached hydrogens (tertiary/aromatic N) is 1. The number of hydrogen-bond donors (Lipinski definition) is 0. The Morgan fingerprint density at radius 3 is 2.30 bits per heavy atom. The van der Waals surface area contributed by atoms with Crippen LogP contribution in [0, 0.1) is 12.3 Å². The molecule has 0 bridgehead atoms. The van der Waals surface area contributed by atoms with Gasteiger partial charge in [-0.15, -0.1) is 6.42 Å². The standard InChI is InChI=1S/C26H23N/c1-2-21(22-12-5-3-6-13-22)20-26(24-14-7-4-8-15-24)27-19-11-17-23-16-9-10-18-25(23)27/h1,3-10,12-16,18,20,26H,11,17,19H2/b21-20+. The summed E-state index contributed by atoms with van der Waals surface area (Å²) in [4.78, 5) is 2.49. The van der Waals surface area contributed by atoms with E-state index in [0.717, 1.165) is 30.5 Å². The number of hydrogen-bond acceptors (Lipinski definition) is 1. The van der Waals surface area contributed by atoms with E-state index in [1.165, 1.54) is 16.8 Å². The van der Waals surface area contributed by atoms with Crippen molar-refractivity contribution in [3.05, 3.63) is 108 Å². The molecule has 0 spiro atoms. The third-order valence-electron chi connectivity index (χ3n) is 5.19. The minimum absolute atomic E-state index is 0.110. The minimum atomic E-state index is 0.110. The summed E-state index contributed by atoms with van der Waals surface area (Å²) in [5.74, 6) is 2.92. The van der Waals surface area contributed by atoms with E-state index in [1.807, 2.05) is 18.2 Å². The first-order chi connectivity index (χ1) is 13.4. The first-order valence-electron chi connectivity index (χ1n) is 9.50. The summed E-state index contributed by atoms with van der Waals surface area (Å²) in [5.41, 5.74) is 6.02. The smallest absolute Gasteiger partial charge is 0.0741 e. The number of rotatable bonds is 4. The summed E-state index contributed by atoms with van der Waals surface area (Å²) in [6.07, 6.45) is 10.5. The molecule has 1 heterocycles. The Morgan fingerprint density at radius 2 is 1.56 bits per heavy atom. The highest BCUT2D eigenvalue weighted by Crippen LogP contribution is 2.36. The third kappa shape index (κ3) is 3.66. The van der Waals surface area contributed by atoms with Gasteiger partial charge in [0.1, 0.15) is 0 Å². The Hall–Kier alpha value is -3.24. The van der Waals surface area contributed by atoms with E-state index in [1.54, 1.807) is 0 Å². The average Bonchev–Trinajstić information content (AvgIpc) is 2.76. The maximum atomic E-state index is 5.92. The van der Waals surface area contributed by atoms with Gasteiger partial charge in [-0.05, 0) is 41.7 Å².